The molecule has 1 aromatic carbocycles. The van der Waals surface area contributed by atoms with Gasteiger partial charge in [0.15, 0.2) is 0 Å². The molecule has 0 spiro atoms. The molecule has 0 aliphatic carbocycles. The summed E-state index contributed by atoms with van der Waals surface area (Å²) in [6, 6.07) is 9.27. The van der Waals surface area contributed by atoms with Gasteiger partial charge in [0.05, 0.1) is 5.69 Å². The predicted octanol–water partition coefficient (Wildman–Crippen LogP) is 2.75. The van der Waals surface area contributed by atoms with E-state index in [1.807, 2.05) is 30.3 Å². The minimum atomic E-state index is 0.0321. The summed E-state index contributed by atoms with van der Waals surface area (Å²) in [5.74, 6) is 0.200. The van der Waals surface area contributed by atoms with Crippen LogP contribution < -0.4 is 5.32 Å². The Morgan fingerprint density at radius 1 is 0.867 bits per heavy atom. The summed E-state index contributed by atoms with van der Waals surface area (Å²) in [6.45, 7) is 0. The molecule has 0 aliphatic heterocycles. The Balaban J connectivity index is 2.25. The maximum absolute atomic E-state index is 5.61. The van der Waals surface area contributed by atoms with Crippen LogP contribution >= 0.6 is 23.2 Å². The fourth-order valence-corrected chi connectivity index (χ4v) is 1.34. The Hall–Kier alpha value is -1.39. The lowest BCUT2D eigenvalue weighted by Gasteiger charge is -2.00. The SMILES string of the molecule is Clc1nc(Cl)nc([N]c2ccccc2)n1. The molecule has 0 atom stereocenters. The molecule has 1 aromatic heterocycles. The Morgan fingerprint density at radius 3 is 2.07 bits per heavy atom. The molecule has 4 nitrogen and oxygen atoms in total. The summed E-state index contributed by atoms with van der Waals surface area (Å²) in [4.78, 5) is 11.3. The largest absolute Gasteiger partial charge is 0.255 e. The first kappa shape index (κ1) is 10.1. The molecule has 1 radical (unpaired) electrons. The van der Waals surface area contributed by atoms with E-state index in [1.54, 1.807) is 0 Å². The number of hydrogen-bond acceptors (Lipinski definition) is 3. The van der Waals surface area contributed by atoms with Gasteiger partial charge >= 0.3 is 0 Å². The minimum absolute atomic E-state index is 0.0321. The van der Waals surface area contributed by atoms with Gasteiger partial charge in [0.2, 0.25) is 10.6 Å². The van der Waals surface area contributed by atoms with Gasteiger partial charge in [0.25, 0.3) is 5.95 Å². The van der Waals surface area contributed by atoms with Crippen LogP contribution in [0.1, 0.15) is 0 Å². The molecule has 0 bridgehead atoms. The Bertz CT molecular complexity index is 441. The molecular weight excluding hydrogens is 235 g/mol. The number of nitrogens with zero attached hydrogens (tertiary/aromatic N) is 4. The van der Waals surface area contributed by atoms with E-state index in [4.69, 9.17) is 23.2 Å². The molecule has 0 saturated carbocycles. The lowest BCUT2D eigenvalue weighted by molar-refractivity contribution is 0.961. The van der Waals surface area contributed by atoms with E-state index < -0.39 is 0 Å². The van der Waals surface area contributed by atoms with E-state index in [9.17, 15) is 0 Å². The zero-order valence-corrected chi connectivity index (χ0v) is 8.94. The Kier molecular flexibility index (Phi) is 2.99. The molecule has 75 valence electrons. The average Bonchev–Trinajstić information content (AvgIpc) is 2.17. The predicted molar refractivity (Wildman–Crippen MR) is 57.7 cm³/mol. The quantitative estimate of drug-likeness (QED) is 0.810. The number of benzene rings is 1. The van der Waals surface area contributed by atoms with Crippen molar-refractivity contribution in [2.45, 2.75) is 0 Å². The van der Waals surface area contributed by atoms with Crippen LogP contribution in [0, 0.1) is 0 Å². The maximum Gasteiger partial charge on any atom is 0.255 e. The van der Waals surface area contributed by atoms with Crippen LogP contribution in [-0.2, 0) is 0 Å². The van der Waals surface area contributed by atoms with Crippen molar-refractivity contribution in [2.75, 3.05) is 0 Å². The molecule has 2 rings (SSSR count). The van der Waals surface area contributed by atoms with Crippen LogP contribution in [0.3, 0.4) is 0 Å². The molecule has 0 aliphatic rings. The summed E-state index contributed by atoms with van der Waals surface area (Å²) >= 11 is 11.2. The van der Waals surface area contributed by atoms with Crippen molar-refractivity contribution in [1.82, 2.24) is 20.3 Å². The summed E-state index contributed by atoms with van der Waals surface area (Å²) in [5.41, 5.74) is 0.732. The fraction of sp³-hybridized carbons (Fsp3) is 0. The van der Waals surface area contributed by atoms with Crippen LogP contribution in [-0.4, -0.2) is 15.0 Å². The first-order valence-electron chi connectivity index (χ1n) is 4.08. The molecular formula is C9H5Cl2N4. The molecule has 1 heterocycles. The molecule has 0 N–H and O–H groups in total. The van der Waals surface area contributed by atoms with Crippen molar-refractivity contribution < 1.29 is 0 Å². The molecule has 0 saturated heterocycles. The highest BCUT2D eigenvalue weighted by molar-refractivity contribution is 6.31. The van der Waals surface area contributed by atoms with Crippen molar-refractivity contribution in [1.29, 1.82) is 0 Å². The van der Waals surface area contributed by atoms with Crippen LogP contribution in [0.4, 0.5) is 11.6 Å². The first-order valence-corrected chi connectivity index (χ1v) is 4.83. The van der Waals surface area contributed by atoms with Crippen molar-refractivity contribution >= 4 is 34.8 Å². The highest BCUT2D eigenvalue weighted by atomic mass is 35.5. The molecule has 15 heavy (non-hydrogen) atoms. The molecule has 0 unspecified atom stereocenters. The zero-order valence-electron chi connectivity index (χ0n) is 7.43. The second kappa shape index (κ2) is 4.42. The third kappa shape index (κ3) is 2.78. The summed E-state index contributed by atoms with van der Waals surface area (Å²) < 4.78 is 0. The lowest BCUT2D eigenvalue weighted by Crippen LogP contribution is -1.98. The van der Waals surface area contributed by atoms with E-state index in [-0.39, 0.29) is 16.5 Å². The van der Waals surface area contributed by atoms with Gasteiger partial charge in [-0.25, -0.2) is 5.32 Å². The number of para-hydroxylation sites is 1. The highest BCUT2D eigenvalue weighted by Gasteiger charge is 2.04. The maximum atomic E-state index is 5.61. The van der Waals surface area contributed by atoms with Gasteiger partial charge in [-0.3, -0.25) is 0 Å². The van der Waals surface area contributed by atoms with E-state index in [2.05, 4.69) is 20.3 Å². The van der Waals surface area contributed by atoms with Crippen molar-refractivity contribution in [3.8, 4) is 0 Å². The van der Waals surface area contributed by atoms with Crippen LogP contribution in [0.25, 0.3) is 0 Å². The third-order valence-corrected chi connectivity index (χ3v) is 1.89. The van der Waals surface area contributed by atoms with Gasteiger partial charge in [0, 0.05) is 0 Å². The molecule has 0 fully saturated rings. The van der Waals surface area contributed by atoms with Gasteiger partial charge in [-0.1, -0.05) is 18.2 Å². The van der Waals surface area contributed by atoms with Crippen molar-refractivity contribution in [3.63, 3.8) is 0 Å². The van der Waals surface area contributed by atoms with E-state index in [0.29, 0.717) is 0 Å². The monoisotopic (exact) mass is 239 g/mol. The molecule has 2 aromatic rings. The zero-order chi connectivity index (χ0) is 10.7. The van der Waals surface area contributed by atoms with Crippen molar-refractivity contribution in [3.05, 3.63) is 40.9 Å². The van der Waals surface area contributed by atoms with Crippen LogP contribution in [0.2, 0.25) is 10.6 Å². The first-order chi connectivity index (χ1) is 7.24. The minimum Gasteiger partial charge on any atom is -0.212 e. The number of aromatic nitrogens is 3. The van der Waals surface area contributed by atoms with Gasteiger partial charge < -0.3 is 0 Å². The summed E-state index contributed by atoms with van der Waals surface area (Å²) in [7, 11) is 0. The molecule has 0 amide bonds. The number of rotatable bonds is 2. The van der Waals surface area contributed by atoms with E-state index in [1.165, 1.54) is 0 Å². The van der Waals surface area contributed by atoms with Crippen LogP contribution in [0.5, 0.6) is 0 Å². The standard InChI is InChI=1S/C9H5Cl2N4/c10-7-13-8(11)15-9(14-7)12-6-4-2-1-3-5-6/h1-5H. The van der Waals surface area contributed by atoms with E-state index >= 15 is 0 Å². The topological polar surface area (TPSA) is 52.8 Å². The average molecular weight is 240 g/mol. The smallest absolute Gasteiger partial charge is 0.212 e. The second-order valence-electron chi connectivity index (χ2n) is 2.62. The summed E-state index contributed by atoms with van der Waals surface area (Å²) in [5, 5.41) is 4.20. The second-order valence-corrected chi connectivity index (χ2v) is 3.30. The van der Waals surface area contributed by atoms with Gasteiger partial charge in [-0.05, 0) is 35.3 Å². The molecule has 6 heteroatoms. The lowest BCUT2D eigenvalue weighted by atomic mass is 10.3. The summed E-state index contributed by atoms with van der Waals surface area (Å²) in [6.07, 6.45) is 0. The number of hydrogen-bond donors (Lipinski definition) is 0. The van der Waals surface area contributed by atoms with Gasteiger partial charge in [-0.2, -0.15) is 15.0 Å². The van der Waals surface area contributed by atoms with Crippen LogP contribution in [0.15, 0.2) is 30.3 Å². The van der Waals surface area contributed by atoms with Gasteiger partial charge in [-0.15, -0.1) is 0 Å². The number of halogens is 2. The normalized spacial score (nSPS) is 10.0. The van der Waals surface area contributed by atoms with Crippen molar-refractivity contribution in [2.24, 2.45) is 0 Å². The highest BCUT2D eigenvalue weighted by Crippen LogP contribution is 2.15. The Morgan fingerprint density at radius 2 is 1.47 bits per heavy atom. The van der Waals surface area contributed by atoms with Gasteiger partial charge in [0.1, 0.15) is 0 Å². The third-order valence-electron chi connectivity index (χ3n) is 1.55. The van der Waals surface area contributed by atoms with E-state index in [0.717, 1.165) is 5.69 Å². The Labute approximate surface area is 96.3 Å². The fourth-order valence-electron chi connectivity index (χ4n) is 0.984.